The van der Waals surface area contributed by atoms with Gasteiger partial charge in [0.05, 0.1) is 10.6 Å². The fraction of sp³-hybridized carbons (Fsp3) is 0. The van der Waals surface area contributed by atoms with Gasteiger partial charge in [0.15, 0.2) is 10.0 Å². The maximum Gasteiger partial charge on any atom is 0.184 e. The molecule has 4 heteroatoms. The van der Waals surface area contributed by atoms with Crippen molar-refractivity contribution >= 4 is 37.3 Å². The quantitative estimate of drug-likeness (QED) is 0.693. The molecule has 2 aromatic rings. The number of fused-ring (bicyclic) bond motifs is 3. The summed E-state index contributed by atoms with van der Waals surface area (Å²) in [5, 5.41) is 2.37. The molecule has 1 atom stereocenters. The first kappa shape index (κ1) is 8.32. The third-order valence-electron chi connectivity index (χ3n) is 2.23. The molecule has 1 aliphatic rings. The van der Waals surface area contributed by atoms with Crippen LogP contribution in [0, 0.1) is 0 Å². The Kier molecular flexibility index (Phi) is 1.78. The molecule has 1 heterocycles. The number of hydrogen-bond donors (Lipinski definition) is 1. The second-order valence-electron chi connectivity index (χ2n) is 3.08. The van der Waals surface area contributed by atoms with Crippen LogP contribution in [0.15, 0.2) is 41.3 Å². The van der Waals surface area contributed by atoms with E-state index in [4.69, 9.17) is 0 Å². The molecule has 0 aromatic heterocycles. The van der Waals surface area contributed by atoms with Crippen LogP contribution < -0.4 is 4.72 Å². The number of benzene rings is 2. The van der Waals surface area contributed by atoms with Crippen molar-refractivity contribution in [2.45, 2.75) is 4.90 Å². The van der Waals surface area contributed by atoms with E-state index in [1.54, 1.807) is 0 Å². The molecule has 2 nitrogen and oxygen atoms in total. The van der Waals surface area contributed by atoms with Crippen molar-refractivity contribution in [3.05, 3.63) is 36.4 Å². The monoisotopic (exact) mass is 221 g/mol. The fourth-order valence-electron chi connectivity index (χ4n) is 1.60. The molecule has 0 fully saturated rings. The Balaban J connectivity index is 2.39. The van der Waals surface area contributed by atoms with E-state index in [-0.39, 0.29) is 0 Å². The zero-order chi connectivity index (χ0) is 9.54. The van der Waals surface area contributed by atoms with E-state index in [0.29, 0.717) is 0 Å². The van der Waals surface area contributed by atoms with Gasteiger partial charge in [0.25, 0.3) is 0 Å². The zero-order valence-electron chi connectivity index (χ0n) is 7.19. The molecule has 3 rings (SSSR count). The maximum absolute atomic E-state index is 11.3. The predicted octanol–water partition coefficient (Wildman–Crippen LogP) is 2.94. The van der Waals surface area contributed by atoms with Gasteiger partial charge in [0.1, 0.15) is 0 Å². The minimum Gasteiger partial charge on any atom is -0.295 e. The molecule has 1 aliphatic heterocycles. The molecule has 0 spiro atoms. The third kappa shape index (κ3) is 1.14. The van der Waals surface area contributed by atoms with Gasteiger partial charge in [-0.2, -0.15) is 0 Å². The SMILES string of the molecule is O=S1Nc2ccc3ccccc3c2S1. The summed E-state index contributed by atoms with van der Waals surface area (Å²) in [6.45, 7) is 0. The van der Waals surface area contributed by atoms with Gasteiger partial charge < -0.3 is 0 Å². The fourth-order valence-corrected chi connectivity index (χ4v) is 4.08. The first-order valence-electron chi connectivity index (χ1n) is 4.23. The Labute approximate surface area is 87.7 Å². The van der Waals surface area contributed by atoms with Crippen LogP contribution in [0.25, 0.3) is 10.8 Å². The molecule has 14 heavy (non-hydrogen) atoms. The minimum absolute atomic E-state index is 0.979. The summed E-state index contributed by atoms with van der Waals surface area (Å²) in [6.07, 6.45) is 0. The molecule has 1 unspecified atom stereocenters. The van der Waals surface area contributed by atoms with Crippen LogP contribution in [0.1, 0.15) is 0 Å². The van der Waals surface area contributed by atoms with Gasteiger partial charge in [-0.05, 0) is 16.8 Å². The van der Waals surface area contributed by atoms with Crippen molar-refractivity contribution < 1.29 is 4.21 Å². The lowest BCUT2D eigenvalue weighted by atomic mass is 10.1. The molecule has 0 saturated carbocycles. The Hall–Kier alpha value is -1.00. The minimum atomic E-state index is -1.01. The van der Waals surface area contributed by atoms with Crippen molar-refractivity contribution in [2.24, 2.45) is 0 Å². The molecular weight excluding hydrogens is 214 g/mol. The van der Waals surface area contributed by atoms with Crippen molar-refractivity contribution in [3.8, 4) is 0 Å². The van der Waals surface area contributed by atoms with E-state index in [9.17, 15) is 4.21 Å². The molecule has 1 N–H and O–H groups in total. The topological polar surface area (TPSA) is 29.1 Å². The van der Waals surface area contributed by atoms with Gasteiger partial charge in [-0.3, -0.25) is 4.72 Å². The first-order chi connectivity index (χ1) is 6.84. The van der Waals surface area contributed by atoms with Crippen LogP contribution in [-0.2, 0) is 10.0 Å². The Morgan fingerprint density at radius 2 is 2.00 bits per heavy atom. The Morgan fingerprint density at radius 1 is 1.14 bits per heavy atom. The van der Waals surface area contributed by atoms with Crippen molar-refractivity contribution in [3.63, 3.8) is 0 Å². The average molecular weight is 221 g/mol. The summed E-state index contributed by atoms with van der Waals surface area (Å²) in [6, 6.07) is 12.2. The highest BCUT2D eigenvalue weighted by Gasteiger charge is 2.19. The number of hydrogen-bond acceptors (Lipinski definition) is 2. The molecule has 70 valence electrons. The second kappa shape index (κ2) is 3.00. The highest BCUT2D eigenvalue weighted by Crippen LogP contribution is 2.42. The van der Waals surface area contributed by atoms with E-state index in [1.165, 1.54) is 21.6 Å². The highest BCUT2D eigenvalue weighted by atomic mass is 33.1. The van der Waals surface area contributed by atoms with Crippen molar-refractivity contribution in [1.29, 1.82) is 0 Å². The van der Waals surface area contributed by atoms with Crippen LogP contribution in [-0.4, -0.2) is 4.21 Å². The predicted molar refractivity (Wildman–Crippen MR) is 61.6 cm³/mol. The van der Waals surface area contributed by atoms with E-state index >= 15 is 0 Å². The summed E-state index contributed by atoms with van der Waals surface area (Å²) >= 11 is 0. The van der Waals surface area contributed by atoms with Crippen molar-refractivity contribution in [1.82, 2.24) is 0 Å². The smallest absolute Gasteiger partial charge is 0.184 e. The highest BCUT2D eigenvalue weighted by molar-refractivity contribution is 8.70. The molecule has 0 saturated heterocycles. The standard InChI is InChI=1S/C10H7NOS2/c12-14-11-9-6-5-7-3-1-2-4-8(7)10(9)13-14/h1-6,11H. The van der Waals surface area contributed by atoms with E-state index in [2.05, 4.69) is 16.9 Å². The lowest BCUT2D eigenvalue weighted by Crippen LogP contribution is -1.90. The number of rotatable bonds is 0. The average Bonchev–Trinajstić information content (AvgIpc) is 2.59. The molecule has 0 aliphatic carbocycles. The summed E-state index contributed by atoms with van der Waals surface area (Å²) in [7, 11) is 0.373. The second-order valence-corrected chi connectivity index (χ2v) is 5.74. The normalized spacial score (nSPS) is 19.3. The lowest BCUT2D eigenvalue weighted by Gasteiger charge is -2.01. The number of nitrogens with one attached hydrogen (secondary N) is 1. The van der Waals surface area contributed by atoms with Gasteiger partial charge >= 0.3 is 0 Å². The Bertz CT molecular complexity index is 539. The van der Waals surface area contributed by atoms with E-state index < -0.39 is 10.0 Å². The van der Waals surface area contributed by atoms with Crippen LogP contribution in [0.4, 0.5) is 5.69 Å². The van der Waals surface area contributed by atoms with Gasteiger partial charge in [-0.25, -0.2) is 4.21 Å². The molecule has 2 aromatic carbocycles. The summed E-state index contributed by atoms with van der Waals surface area (Å²) in [5.41, 5.74) is 0.979. The molecule has 0 amide bonds. The molecular formula is C10H7NOS2. The van der Waals surface area contributed by atoms with Crippen LogP contribution in [0.3, 0.4) is 0 Å². The number of anilines is 1. The van der Waals surface area contributed by atoms with Crippen LogP contribution in [0.2, 0.25) is 0 Å². The van der Waals surface area contributed by atoms with Gasteiger partial charge in [0.2, 0.25) is 0 Å². The van der Waals surface area contributed by atoms with Gasteiger partial charge in [0, 0.05) is 10.8 Å². The summed E-state index contributed by atoms with van der Waals surface area (Å²) < 4.78 is 14.2. The van der Waals surface area contributed by atoms with E-state index in [1.807, 2.05) is 24.3 Å². The lowest BCUT2D eigenvalue weighted by molar-refractivity contribution is 0.694. The van der Waals surface area contributed by atoms with Crippen LogP contribution >= 0.6 is 10.8 Å². The zero-order valence-corrected chi connectivity index (χ0v) is 8.82. The first-order valence-corrected chi connectivity index (χ1v) is 6.71. The van der Waals surface area contributed by atoms with Crippen molar-refractivity contribution in [2.75, 3.05) is 4.72 Å². The Morgan fingerprint density at radius 3 is 2.93 bits per heavy atom. The van der Waals surface area contributed by atoms with Gasteiger partial charge in [-0.15, -0.1) is 0 Å². The largest absolute Gasteiger partial charge is 0.295 e. The van der Waals surface area contributed by atoms with E-state index in [0.717, 1.165) is 10.6 Å². The summed E-state index contributed by atoms with van der Waals surface area (Å²) in [5.74, 6) is 0. The van der Waals surface area contributed by atoms with Gasteiger partial charge in [-0.1, -0.05) is 30.3 Å². The molecule has 0 bridgehead atoms. The maximum atomic E-state index is 11.3. The van der Waals surface area contributed by atoms with Crippen LogP contribution in [0.5, 0.6) is 0 Å². The third-order valence-corrected chi connectivity index (χ3v) is 4.58. The summed E-state index contributed by atoms with van der Waals surface area (Å²) in [4.78, 5) is 1.10. The molecule has 0 radical (unpaired) electrons.